The number of hydrogen-bond acceptors (Lipinski definition) is 5. The summed E-state index contributed by atoms with van der Waals surface area (Å²) >= 11 is 6.05. The van der Waals surface area contributed by atoms with E-state index in [4.69, 9.17) is 16.3 Å². The van der Waals surface area contributed by atoms with Crippen LogP contribution in [0.1, 0.15) is 12.5 Å². The largest absolute Gasteiger partial charge is 0.484 e. The Hall–Kier alpha value is -3.56. The highest BCUT2D eigenvalue weighted by molar-refractivity contribution is 7.92. The van der Waals surface area contributed by atoms with Crippen molar-refractivity contribution in [1.29, 1.82) is 0 Å². The molecular formula is C23H22ClN3O5S. The Morgan fingerprint density at radius 1 is 0.909 bits per heavy atom. The Bertz CT molecular complexity index is 1280. The summed E-state index contributed by atoms with van der Waals surface area (Å²) in [5.41, 5.74) is 2.24. The minimum Gasteiger partial charge on any atom is -0.484 e. The first-order valence-corrected chi connectivity index (χ1v) is 11.7. The van der Waals surface area contributed by atoms with Crippen LogP contribution in [0.15, 0.2) is 71.6 Å². The number of rotatable bonds is 8. The van der Waals surface area contributed by atoms with Gasteiger partial charge in [-0.25, -0.2) is 8.42 Å². The van der Waals surface area contributed by atoms with Crippen LogP contribution in [0.3, 0.4) is 0 Å². The van der Waals surface area contributed by atoms with Crippen molar-refractivity contribution in [2.75, 3.05) is 22.0 Å². The second-order valence-corrected chi connectivity index (χ2v) is 9.23. The molecule has 172 valence electrons. The van der Waals surface area contributed by atoms with Crippen molar-refractivity contribution in [3.63, 3.8) is 0 Å². The van der Waals surface area contributed by atoms with Gasteiger partial charge in [0.2, 0.25) is 5.91 Å². The number of carbonyl (C=O) groups excluding carboxylic acids is 2. The molecule has 0 aliphatic heterocycles. The third-order valence-electron chi connectivity index (χ3n) is 4.39. The summed E-state index contributed by atoms with van der Waals surface area (Å²) in [5, 5.41) is 5.75. The van der Waals surface area contributed by atoms with Crippen molar-refractivity contribution in [3.8, 4) is 5.75 Å². The van der Waals surface area contributed by atoms with Gasteiger partial charge < -0.3 is 15.4 Å². The van der Waals surface area contributed by atoms with Crippen LogP contribution in [-0.2, 0) is 19.6 Å². The molecule has 8 nitrogen and oxygen atoms in total. The molecule has 0 aliphatic rings. The summed E-state index contributed by atoms with van der Waals surface area (Å²) in [5.74, 6) is -0.302. The van der Waals surface area contributed by atoms with Crippen molar-refractivity contribution in [1.82, 2.24) is 0 Å². The molecule has 0 saturated carbocycles. The van der Waals surface area contributed by atoms with Gasteiger partial charge in [0, 0.05) is 23.3 Å². The van der Waals surface area contributed by atoms with Gasteiger partial charge in [0.15, 0.2) is 6.61 Å². The fourth-order valence-electron chi connectivity index (χ4n) is 2.81. The van der Waals surface area contributed by atoms with Gasteiger partial charge >= 0.3 is 0 Å². The lowest BCUT2D eigenvalue weighted by Gasteiger charge is -2.11. The van der Waals surface area contributed by atoms with Gasteiger partial charge in [-0.2, -0.15) is 0 Å². The van der Waals surface area contributed by atoms with E-state index in [2.05, 4.69) is 15.4 Å². The smallest absolute Gasteiger partial charge is 0.262 e. The summed E-state index contributed by atoms with van der Waals surface area (Å²) in [6.45, 7) is 2.93. The maximum absolute atomic E-state index is 12.6. The molecule has 2 amide bonds. The lowest BCUT2D eigenvalue weighted by Crippen LogP contribution is -2.20. The predicted octanol–water partition coefficient (Wildman–Crippen LogP) is 4.43. The Kier molecular flexibility index (Phi) is 7.57. The summed E-state index contributed by atoms with van der Waals surface area (Å²) in [6, 6.07) is 17.2. The fraction of sp³-hybridized carbons (Fsp3) is 0.130. The molecule has 0 radical (unpaired) electrons. The molecule has 10 heteroatoms. The number of anilines is 3. The number of halogens is 1. The van der Waals surface area contributed by atoms with Gasteiger partial charge in [-0.05, 0) is 67.1 Å². The van der Waals surface area contributed by atoms with Crippen molar-refractivity contribution in [2.24, 2.45) is 0 Å². The van der Waals surface area contributed by atoms with E-state index in [1.54, 1.807) is 36.4 Å². The number of benzene rings is 3. The van der Waals surface area contributed by atoms with E-state index in [9.17, 15) is 18.0 Å². The van der Waals surface area contributed by atoms with Gasteiger partial charge in [-0.1, -0.05) is 23.7 Å². The topological polar surface area (TPSA) is 114 Å². The molecule has 3 N–H and O–H groups in total. The third-order valence-corrected chi connectivity index (χ3v) is 6.20. The fourth-order valence-corrected chi connectivity index (χ4v) is 4.04. The molecular weight excluding hydrogens is 466 g/mol. The maximum Gasteiger partial charge on any atom is 0.262 e. The zero-order chi connectivity index (χ0) is 24.0. The van der Waals surface area contributed by atoms with Gasteiger partial charge in [-0.15, -0.1) is 0 Å². The molecule has 33 heavy (non-hydrogen) atoms. The SMILES string of the molecule is CC(=O)Nc1cccc(NC(=O)COc2ccc(S(=O)(=O)Nc3ccc(C)c(Cl)c3)cc2)c1. The van der Waals surface area contributed by atoms with Crippen LogP contribution in [0.2, 0.25) is 5.02 Å². The van der Waals surface area contributed by atoms with Gasteiger partial charge in [0.1, 0.15) is 5.75 Å². The van der Waals surface area contributed by atoms with Gasteiger partial charge in [-0.3, -0.25) is 14.3 Å². The summed E-state index contributed by atoms with van der Waals surface area (Å²) in [6.07, 6.45) is 0. The van der Waals surface area contributed by atoms with Crippen molar-refractivity contribution in [2.45, 2.75) is 18.7 Å². The maximum atomic E-state index is 12.6. The van der Waals surface area contributed by atoms with E-state index < -0.39 is 15.9 Å². The zero-order valence-electron chi connectivity index (χ0n) is 17.9. The minimum atomic E-state index is -3.82. The number of aryl methyl sites for hydroxylation is 1. The number of nitrogens with one attached hydrogen (secondary N) is 3. The highest BCUT2D eigenvalue weighted by atomic mass is 35.5. The standard InChI is InChI=1S/C23H22ClN3O5S/c1-15-6-7-19(13-22(15)24)27-33(30,31)21-10-8-20(9-11-21)32-14-23(29)26-18-5-3-4-17(12-18)25-16(2)28/h3-13,27H,14H2,1-2H3,(H,25,28)(H,26,29). The first-order chi connectivity index (χ1) is 15.6. The van der Waals surface area contributed by atoms with Gasteiger partial charge in [0.25, 0.3) is 15.9 Å². The molecule has 3 aromatic rings. The highest BCUT2D eigenvalue weighted by Crippen LogP contribution is 2.23. The number of ether oxygens (including phenoxy) is 1. The molecule has 0 spiro atoms. The van der Waals surface area contributed by atoms with Crippen LogP contribution in [0.5, 0.6) is 5.75 Å². The van der Waals surface area contributed by atoms with E-state index in [0.29, 0.717) is 27.8 Å². The molecule has 0 aromatic heterocycles. The first kappa shape index (κ1) is 24.1. The number of carbonyl (C=O) groups is 2. The Balaban J connectivity index is 1.57. The van der Waals surface area contributed by atoms with E-state index in [1.165, 1.54) is 37.3 Å². The molecule has 0 unspecified atom stereocenters. The normalized spacial score (nSPS) is 10.9. The lowest BCUT2D eigenvalue weighted by atomic mass is 10.2. The Morgan fingerprint density at radius 3 is 2.21 bits per heavy atom. The number of sulfonamides is 1. The molecule has 3 aromatic carbocycles. The Morgan fingerprint density at radius 2 is 1.58 bits per heavy atom. The van der Waals surface area contributed by atoms with Crippen molar-refractivity contribution < 1.29 is 22.7 Å². The van der Waals surface area contributed by atoms with E-state index in [1.807, 2.05) is 6.92 Å². The zero-order valence-corrected chi connectivity index (χ0v) is 19.5. The van der Waals surface area contributed by atoms with E-state index >= 15 is 0 Å². The highest BCUT2D eigenvalue weighted by Gasteiger charge is 2.15. The quantitative estimate of drug-likeness (QED) is 0.435. The van der Waals surface area contributed by atoms with E-state index in [-0.39, 0.29) is 17.4 Å². The predicted molar refractivity (Wildman–Crippen MR) is 128 cm³/mol. The van der Waals surface area contributed by atoms with Gasteiger partial charge in [0.05, 0.1) is 10.6 Å². The Labute approximate surface area is 197 Å². The summed E-state index contributed by atoms with van der Waals surface area (Å²) in [7, 11) is -3.82. The average molecular weight is 488 g/mol. The summed E-state index contributed by atoms with van der Waals surface area (Å²) < 4.78 is 33.1. The van der Waals surface area contributed by atoms with Crippen molar-refractivity contribution in [3.05, 3.63) is 77.3 Å². The monoisotopic (exact) mass is 487 g/mol. The van der Waals surface area contributed by atoms with Crippen LogP contribution in [0.25, 0.3) is 0 Å². The number of hydrogen-bond donors (Lipinski definition) is 3. The molecule has 0 saturated heterocycles. The number of amides is 2. The molecule has 0 aliphatic carbocycles. The molecule has 0 atom stereocenters. The average Bonchev–Trinajstić information content (AvgIpc) is 2.75. The van der Waals surface area contributed by atoms with Crippen LogP contribution < -0.4 is 20.1 Å². The lowest BCUT2D eigenvalue weighted by molar-refractivity contribution is -0.118. The van der Waals surface area contributed by atoms with Crippen LogP contribution in [0.4, 0.5) is 17.1 Å². The molecule has 0 heterocycles. The third kappa shape index (κ3) is 6.96. The molecule has 0 fully saturated rings. The van der Waals surface area contributed by atoms with Crippen LogP contribution >= 0.6 is 11.6 Å². The second-order valence-electron chi connectivity index (χ2n) is 7.14. The van der Waals surface area contributed by atoms with E-state index in [0.717, 1.165) is 5.56 Å². The van der Waals surface area contributed by atoms with Crippen molar-refractivity contribution >= 4 is 50.5 Å². The van der Waals surface area contributed by atoms with Crippen LogP contribution in [-0.4, -0.2) is 26.8 Å². The summed E-state index contributed by atoms with van der Waals surface area (Å²) in [4.78, 5) is 23.3. The molecule has 3 rings (SSSR count). The second kappa shape index (κ2) is 10.4. The molecule has 0 bridgehead atoms. The minimum absolute atomic E-state index is 0.0331. The first-order valence-electron chi connectivity index (χ1n) is 9.82. The van der Waals surface area contributed by atoms with Crippen LogP contribution in [0, 0.1) is 6.92 Å².